The van der Waals surface area contributed by atoms with Crippen LogP contribution in [0, 0.1) is 17.8 Å². The van der Waals surface area contributed by atoms with Gasteiger partial charge in [-0.05, 0) is 37.0 Å². The van der Waals surface area contributed by atoms with Crippen molar-refractivity contribution in [1.82, 2.24) is 9.03 Å². The molecule has 0 aromatic rings. The second kappa shape index (κ2) is 8.08. The lowest BCUT2D eigenvalue weighted by Gasteiger charge is -2.34. The second-order valence-electron chi connectivity index (χ2n) is 7.33. The van der Waals surface area contributed by atoms with Gasteiger partial charge in [0.2, 0.25) is 0 Å². The zero-order chi connectivity index (χ0) is 16.2. The van der Waals surface area contributed by atoms with Gasteiger partial charge in [-0.1, -0.05) is 33.6 Å². The van der Waals surface area contributed by atoms with Crippen molar-refractivity contribution in [3.05, 3.63) is 0 Å². The third-order valence-corrected chi connectivity index (χ3v) is 6.47. The van der Waals surface area contributed by atoms with E-state index in [9.17, 15) is 8.42 Å². The summed E-state index contributed by atoms with van der Waals surface area (Å²) in [6.07, 6.45) is 6.25. The van der Waals surface area contributed by atoms with E-state index in [1.54, 1.807) is 4.31 Å². The first-order valence-corrected chi connectivity index (χ1v) is 10.2. The Balaban J connectivity index is 1.73. The number of rotatable bonds is 6. The van der Waals surface area contributed by atoms with Crippen LogP contribution >= 0.6 is 0 Å². The van der Waals surface area contributed by atoms with E-state index in [-0.39, 0.29) is 0 Å². The fraction of sp³-hybridized carbons (Fsp3) is 1.00. The van der Waals surface area contributed by atoms with Gasteiger partial charge < -0.3 is 4.74 Å². The molecule has 4 atom stereocenters. The summed E-state index contributed by atoms with van der Waals surface area (Å²) in [5, 5.41) is 0. The summed E-state index contributed by atoms with van der Waals surface area (Å²) in [5.41, 5.74) is 0. The SMILES string of the molecule is C[C@@H]1C[C@H](C)CN(S(=O)(=O)NCCO[C@H]2CCCC[C@@H]2C)C1. The van der Waals surface area contributed by atoms with Crippen LogP contribution in [-0.2, 0) is 14.9 Å². The van der Waals surface area contributed by atoms with E-state index in [0.29, 0.717) is 50.1 Å². The number of hydrogen-bond donors (Lipinski definition) is 1. The maximum atomic E-state index is 12.4. The molecule has 130 valence electrons. The first kappa shape index (κ1) is 18.2. The third-order valence-electron chi connectivity index (χ3n) is 4.93. The quantitative estimate of drug-likeness (QED) is 0.760. The minimum absolute atomic E-state index is 0.299. The molecule has 2 fully saturated rings. The van der Waals surface area contributed by atoms with Gasteiger partial charge in [-0.25, -0.2) is 0 Å². The molecular formula is C16H32N2O3S. The Morgan fingerprint density at radius 3 is 2.36 bits per heavy atom. The summed E-state index contributed by atoms with van der Waals surface area (Å²) in [6.45, 7) is 8.54. The highest BCUT2D eigenvalue weighted by atomic mass is 32.2. The molecule has 0 aromatic heterocycles. The van der Waals surface area contributed by atoms with Crippen molar-refractivity contribution < 1.29 is 13.2 Å². The Kier molecular flexibility index (Phi) is 6.68. The molecule has 22 heavy (non-hydrogen) atoms. The average Bonchev–Trinajstić information content (AvgIpc) is 2.44. The lowest BCUT2D eigenvalue weighted by atomic mass is 9.88. The van der Waals surface area contributed by atoms with Crippen molar-refractivity contribution in [2.45, 2.75) is 59.0 Å². The van der Waals surface area contributed by atoms with Crippen LogP contribution < -0.4 is 4.72 Å². The first-order chi connectivity index (χ1) is 10.4. The van der Waals surface area contributed by atoms with Crippen LogP contribution in [0.2, 0.25) is 0 Å². The van der Waals surface area contributed by atoms with Crippen LogP contribution in [-0.4, -0.2) is 45.1 Å². The number of nitrogens with one attached hydrogen (secondary N) is 1. The predicted molar refractivity (Wildman–Crippen MR) is 88.8 cm³/mol. The van der Waals surface area contributed by atoms with Gasteiger partial charge in [0.15, 0.2) is 0 Å². The van der Waals surface area contributed by atoms with Crippen molar-refractivity contribution >= 4 is 10.2 Å². The molecule has 0 spiro atoms. The molecule has 1 saturated carbocycles. The number of piperidine rings is 1. The zero-order valence-electron chi connectivity index (χ0n) is 14.3. The molecule has 6 heteroatoms. The van der Waals surface area contributed by atoms with E-state index in [1.807, 2.05) is 0 Å². The maximum absolute atomic E-state index is 12.4. The topological polar surface area (TPSA) is 58.6 Å². The molecule has 1 heterocycles. The lowest BCUT2D eigenvalue weighted by Crippen LogP contribution is -2.48. The van der Waals surface area contributed by atoms with E-state index in [1.165, 1.54) is 19.3 Å². The summed E-state index contributed by atoms with van der Waals surface area (Å²) in [6, 6.07) is 0. The van der Waals surface area contributed by atoms with Gasteiger partial charge in [-0.2, -0.15) is 17.4 Å². The molecule has 0 aromatic carbocycles. The molecule has 0 radical (unpaired) electrons. The van der Waals surface area contributed by atoms with Crippen molar-refractivity contribution in [3.63, 3.8) is 0 Å². The molecule has 0 unspecified atom stereocenters. The Hall–Kier alpha value is -0.170. The van der Waals surface area contributed by atoms with Gasteiger partial charge in [-0.15, -0.1) is 0 Å². The molecule has 2 rings (SSSR count). The molecule has 1 saturated heterocycles. The summed E-state index contributed by atoms with van der Waals surface area (Å²) < 4.78 is 34.9. The predicted octanol–water partition coefficient (Wildman–Crippen LogP) is 2.39. The van der Waals surface area contributed by atoms with E-state index in [4.69, 9.17) is 4.74 Å². The molecule has 1 aliphatic carbocycles. The molecule has 0 amide bonds. The highest BCUT2D eigenvalue weighted by molar-refractivity contribution is 7.87. The molecule has 5 nitrogen and oxygen atoms in total. The van der Waals surface area contributed by atoms with Gasteiger partial charge in [0.25, 0.3) is 10.2 Å². The van der Waals surface area contributed by atoms with Crippen molar-refractivity contribution in [2.24, 2.45) is 17.8 Å². The van der Waals surface area contributed by atoms with E-state index < -0.39 is 10.2 Å². The summed E-state index contributed by atoms with van der Waals surface area (Å²) in [5.74, 6) is 1.45. The minimum Gasteiger partial charge on any atom is -0.377 e. The highest BCUT2D eigenvalue weighted by Gasteiger charge is 2.30. The van der Waals surface area contributed by atoms with Crippen LogP contribution in [0.3, 0.4) is 0 Å². The van der Waals surface area contributed by atoms with E-state index in [0.717, 1.165) is 12.8 Å². The minimum atomic E-state index is -3.36. The maximum Gasteiger partial charge on any atom is 0.279 e. The van der Waals surface area contributed by atoms with Crippen LogP contribution in [0.4, 0.5) is 0 Å². The Morgan fingerprint density at radius 1 is 1.09 bits per heavy atom. The van der Waals surface area contributed by atoms with E-state index in [2.05, 4.69) is 25.5 Å². The summed E-state index contributed by atoms with van der Waals surface area (Å²) in [4.78, 5) is 0. The van der Waals surface area contributed by atoms with Crippen molar-refractivity contribution in [3.8, 4) is 0 Å². The van der Waals surface area contributed by atoms with Gasteiger partial charge in [0.1, 0.15) is 0 Å². The molecule has 0 bridgehead atoms. The summed E-state index contributed by atoms with van der Waals surface area (Å²) >= 11 is 0. The number of hydrogen-bond acceptors (Lipinski definition) is 3. The van der Waals surface area contributed by atoms with Gasteiger partial charge in [0.05, 0.1) is 12.7 Å². The third kappa shape index (κ3) is 5.18. The molecule has 2 aliphatic rings. The Morgan fingerprint density at radius 2 is 1.73 bits per heavy atom. The first-order valence-electron chi connectivity index (χ1n) is 8.75. The highest BCUT2D eigenvalue weighted by Crippen LogP contribution is 2.26. The smallest absolute Gasteiger partial charge is 0.279 e. The fourth-order valence-electron chi connectivity index (χ4n) is 3.80. The Bertz CT molecular complexity index is 431. The lowest BCUT2D eigenvalue weighted by molar-refractivity contribution is -0.00189. The number of nitrogens with zero attached hydrogens (tertiary/aromatic N) is 1. The van der Waals surface area contributed by atoms with Crippen molar-refractivity contribution in [2.75, 3.05) is 26.2 Å². The number of ether oxygens (including phenoxy) is 1. The van der Waals surface area contributed by atoms with Gasteiger partial charge in [-0.3, -0.25) is 0 Å². The average molecular weight is 333 g/mol. The Labute approximate surface area is 136 Å². The van der Waals surface area contributed by atoms with Crippen LogP contribution in [0.5, 0.6) is 0 Å². The van der Waals surface area contributed by atoms with Gasteiger partial charge >= 0.3 is 0 Å². The molecule has 1 N–H and O–H groups in total. The van der Waals surface area contributed by atoms with Gasteiger partial charge in [0, 0.05) is 19.6 Å². The molecule has 1 aliphatic heterocycles. The second-order valence-corrected chi connectivity index (χ2v) is 9.09. The van der Waals surface area contributed by atoms with Crippen LogP contribution in [0.25, 0.3) is 0 Å². The fourth-order valence-corrected chi connectivity index (χ4v) is 5.23. The standard InChI is InChI=1S/C16H32N2O3S/c1-13-10-14(2)12-18(11-13)22(19,20)17-8-9-21-16-7-5-4-6-15(16)3/h13-17H,4-12H2,1-3H3/t13-,14+,15-,16-/m0/s1. The summed E-state index contributed by atoms with van der Waals surface area (Å²) in [7, 11) is -3.36. The zero-order valence-corrected chi connectivity index (χ0v) is 15.1. The largest absolute Gasteiger partial charge is 0.377 e. The monoisotopic (exact) mass is 332 g/mol. The van der Waals surface area contributed by atoms with Crippen LogP contribution in [0.1, 0.15) is 52.9 Å². The van der Waals surface area contributed by atoms with E-state index >= 15 is 0 Å². The molecular weight excluding hydrogens is 300 g/mol. The normalized spacial score (nSPS) is 34.7. The van der Waals surface area contributed by atoms with Crippen molar-refractivity contribution in [1.29, 1.82) is 0 Å². The van der Waals surface area contributed by atoms with Crippen LogP contribution in [0.15, 0.2) is 0 Å².